The van der Waals surface area contributed by atoms with Crippen molar-refractivity contribution in [2.24, 2.45) is 5.73 Å². The first-order valence-corrected chi connectivity index (χ1v) is 11.8. The molecule has 0 aliphatic carbocycles. The number of benzene rings is 2. The summed E-state index contributed by atoms with van der Waals surface area (Å²) in [5, 5.41) is 17.0. The summed E-state index contributed by atoms with van der Waals surface area (Å²) in [4.78, 5) is 29.5. The monoisotopic (exact) mass is 484 g/mol. The Kier molecular flexibility index (Phi) is 9.28. The highest BCUT2D eigenvalue weighted by Crippen LogP contribution is 2.31. The van der Waals surface area contributed by atoms with Gasteiger partial charge in [-0.05, 0) is 69.7 Å². The van der Waals surface area contributed by atoms with Crippen LogP contribution in [0.4, 0.5) is 5.69 Å². The number of carbonyl (C=O) groups is 2. The summed E-state index contributed by atoms with van der Waals surface area (Å²) in [6.07, 6.45) is 3.32. The molecule has 0 unspecified atom stereocenters. The molecule has 1 aliphatic rings. The van der Waals surface area contributed by atoms with Gasteiger partial charge in [0.15, 0.2) is 6.29 Å². The van der Waals surface area contributed by atoms with Crippen molar-refractivity contribution in [3.8, 4) is 17.3 Å². The quantitative estimate of drug-likeness (QED) is 0.346. The molecule has 2 aromatic carbocycles. The summed E-state index contributed by atoms with van der Waals surface area (Å²) in [7, 11) is 4.24. The molecule has 3 aromatic rings. The SMILES string of the molecule is C=C(C#N)CNc1c(C(N)=O)ccc2ccc(-c3cccc(C=O)n3)cc12.CNC1CCN(C)CC1. The minimum absolute atomic E-state index is 0.193. The van der Waals surface area contributed by atoms with Crippen molar-refractivity contribution in [1.82, 2.24) is 15.2 Å². The van der Waals surface area contributed by atoms with Gasteiger partial charge in [-0.2, -0.15) is 5.26 Å². The van der Waals surface area contributed by atoms with Crippen molar-refractivity contribution in [2.75, 3.05) is 39.0 Å². The first kappa shape index (κ1) is 26.5. The Morgan fingerprint density at radius 1 is 1.25 bits per heavy atom. The maximum absolute atomic E-state index is 11.9. The number of nitrogens with zero attached hydrogens (tertiary/aromatic N) is 3. The van der Waals surface area contributed by atoms with Gasteiger partial charge in [0.05, 0.1) is 23.0 Å². The van der Waals surface area contributed by atoms with Crippen LogP contribution in [0.5, 0.6) is 0 Å². The molecule has 1 aromatic heterocycles. The topological polar surface area (TPSA) is 124 Å². The van der Waals surface area contributed by atoms with Gasteiger partial charge in [-0.15, -0.1) is 0 Å². The molecular weight excluding hydrogens is 452 g/mol. The lowest BCUT2D eigenvalue weighted by atomic mass is 9.99. The predicted octanol–water partition coefficient (Wildman–Crippen LogP) is 3.60. The summed E-state index contributed by atoms with van der Waals surface area (Å²) >= 11 is 0. The third kappa shape index (κ3) is 6.75. The van der Waals surface area contributed by atoms with Gasteiger partial charge in [-0.1, -0.05) is 30.8 Å². The zero-order chi connectivity index (χ0) is 26.1. The van der Waals surface area contributed by atoms with E-state index in [2.05, 4.69) is 41.2 Å². The van der Waals surface area contributed by atoms with Gasteiger partial charge in [0.25, 0.3) is 5.91 Å². The minimum atomic E-state index is -0.576. The fraction of sp³-hybridized carbons (Fsp3) is 0.286. The smallest absolute Gasteiger partial charge is 0.250 e. The summed E-state index contributed by atoms with van der Waals surface area (Å²) in [6, 6.07) is 17.0. The molecule has 4 rings (SSSR count). The predicted molar refractivity (Wildman–Crippen MR) is 144 cm³/mol. The second kappa shape index (κ2) is 12.6. The van der Waals surface area contributed by atoms with Gasteiger partial charge in [0.1, 0.15) is 5.69 Å². The molecule has 0 radical (unpaired) electrons. The van der Waals surface area contributed by atoms with Gasteiger partial charge in [-0.3, -0.25) is 9.59 Å². The van der Waals surface area contributed by atoms with Crippen molar-refractivity contribution in [3.05, 3.63) is 71.9 Å². The summed E-state index contributed by atoms with van der Waals surface area (Å²) in [5.41, 5.74) is 8.46. The van der Waals surface area contributed by atoms with Crippen LogP contribution in [0, 0.1) is 11.3 Å². The van der Waals surface area contributed by atoms with Crippen LogP contribution < -0.4 is 16.4 Å². The van der Waals surface area contributed by atoms with E-state index >= 15 is 0 Å². The number of piperidine rings is 1. The Bertz CT molecular complexity index is 1290. The lowest BCUT2D eigenvalue weighted by Gasteiger charge is -2.28. The molecule has 1 amide bonds. The number of fused-ring (bicyclic) bond motifs is 1. The van der Waals surface area contributed by atoms with Gasteiger partial charge >= 0.3 is 0 Å². The minimum Gasteiger partial charge on any atom is -0.379 e. The van der Waals surface area contributed by atoms with Gasteiger partial charge in [0.2, 0.25) is 0 Å². The number of aromatic nitrogens is 1. The molecule has 8 heteroatoms. The largest absolute Gasteiger partial charge is 0.379 e. The highest BCUT2D eigenvalue weighted by Gasteiger charge is 2.14. The lowest BCUT2D eigenvalue weighted by Crippen LogP contribution is -2.39. The second-order valence-electron chi connectivity index (χ2n) is 8.79. The van der Waals surface area contributed by atoms with Crippen molar-refractivity contribution >= 4 is 28.7 Å². The Balaban J connectivity index is 0.000000338. The molecule has 1 aliphatic heterocycles. The second-order valence-corrected chi connectivity index (χ2v) is 8.79. The van der Waals surface area contributed by atoms with E-state index in [-0.39, 0.29) is 6.54 Å². The number of nitrogens with two attached hydrogens (primary N) is 1. The van der Waals surface area contributed by atoms with Crippen LogP contribution >= 0.6 is 0 Å². The number of aldehydes is 1. The van der Waals surface area contributed by atoms with Crippen LogP contribution in [0.15, 0.2) is 60.7 Å². The molecule has 8 nitrogen and oxygen atoms in total. The van der Waals surface area contributed by atoms with E-state index in [0.717, 1.165) is 22.4 Å². The van der Waals surface area contributed by atoms with Gasteiger partial charge in [-0.25, -0.2) is 4.98 Å². The molecule has 1 saturated heterocycles. The van der Waals surface area contributed by atoms with Crippen molar-refractivity contribution < 1.29 is 9.59 Å². The van der Waals surface area contributed by atoms with Crippen molar-refractivity contribution in [2.45, 2.75) is 18.9 Å². The molecule has 186 valence electrons. The first-order chi connectivity index (χ1) is 17.4. The maximum Gasteiger partial charge on any atom is 0.250 e. The number of rotatable bonds is 7. The number of hydrogen-bond donors (Lipinski definition) is 3. The van der Waals surface area contributed by atoms with E-state index in [1.54, 1.807) is 30.3 Å². The van der Waals surface area contributed by atoms with Gasteiger partial charge < -0.3 is 21.3 Å². The lowest BCUT2D eigenvalue weighted by molar-refractivity contribution is 0.100. The highest BCUT2D eigenvalue weighted by atomic mass is 16.1. The van der Waals surface area contributed by atoms with E-state index in [9.17, 15) is 9.59 Å². The number of amides is 1. The molecule has 36 heavy (non-hydrogen) atoms. The van der Waals surface area contributed by atoms with Crippen molar-refractivity contribution in [1.29, 1.82) is 5.26 Å². The number of anilines is 1. The number of likely N-dealkylation sites (tertiary alicyclic amines) is 1. The normalized spacial score (nSPS) is 13.8. The Labute approximate surface area is 211 Å². The van der Waals surface area contributed by atoms with E-state index in [4.69, 9.17) is 11.0 Å². The van der Waals surface area contributed by atoms with E-state index < -0.39 is 5.91 Å². The maximum atomic E-state index is 11.9. The molecule has 0 saturated carbocycles. The fourth-order valence-electron chi connectivity index (χ4n) is 4.08. The van der Waals surface area contributed by atoms with Gasteiger partial charge in [0, 0.05) is 29.1 Å². The summed E-state index contributed by atoms with van der Waals surface area (Å²) < 4.78 is 0. The van der Waals surface area contributed by atoms with Crippen LogP contribution in [-0.4, -0.2) is 61.8 Å². The number of primary amides is 1. The van der Waals surface area contributed by atoms with Crippen LogP contribution in [0.2, 0.25) is 0 Å². The standard InChI is InChI=1S/C21H16N4O2.C7H16N2/c1-13(10-22)11-24-20-17(21(23)27)8-7-14-5-6-15(9-18(14)20)19-4-2-3-16(12-26)25-19;1-8-7-3-5-9(2)6-4-7/h2-9,12,24H,1,11H2,(H2,23,27);7-8H,3-6H2,1-2H3. The van der Waals surface area contributed by atoms with E-state index in [0.29, 0.717) is 34.5 Å². The molecule has 4 N–H and O–H groups in total. The average molecular weight is 485 g/mol. The van der Waals surface area contributed by atoms with Crippen molar-refractivity contribution in [3.63, 3.8) is 0 Å². The summed E-state index contributed by atoms with van der Waals surface area (Å²) in [5.74, 6) is -0.576. The number of pyridine rings is 1. The average Bonchev–Trinajstić information content (AvgIpc) is 2.91. The zero-order valence-electron chi connectivity index (χ0n) is 20.8. The molecule has 2 heterocycles. The number of carbonyl (C=O) groups excluding carboxylic acids is 2. The Morgan fingerprint density at radius 2 is 1.97 bits per heavy atom. The third-order valence-corrected chi connectivity index (χ3v) is 6.24. The first-order valence-electron chi connectivity index (χ1n) is 11.8. The van der Waals surface area contributed by atoms with Crippen LogP contribution in [0.3, 0.4) is 0 Å². The molecule has 1 fully saturated rings. The number of hydrogen-bond acceptors (Lipinski definition) is 7. The van der Waals surface area contributed by atoms with E-state index in [1.807, 2.05) is 24.3 Å². The Hall–Kier alpha value is -4.06. The molecule has 0 bridgehead atoms. The highest BCUT2D eigenvalue weighted by molar-refractivity contribution is 6.08. The zero-order valence-corrected chi connectivity index (χ0v) is 20.8. The molecule has 0 spiro atoms. The fourth-order valence-corrected chi connectivity index (χ4v) is 4.08. The summed E-state index contributed by atoms with van der Waals surface area (Å²) in [6.45, 7) is 6.35. The third-order valence-electron chi connectivity index (χ3n) is 6.24. The number of nitriles is 1. The van der Waals surface area contributed by atoms with E-state index in [1.165, 1.54) is 25.9 Å². The van der Waals surface area contributed by atoms with Crippen LogP contribution in [-0.2, 0) is 0 Å². The Morgan fingerprint density at radius 3 is 2.61 bits per heavy atom. The number of nitrogens with one attached hydrogen (secondary N) is 2. The van der Waals surface area contributed by atoms with Crippen LogP contribution in [0.1, 0.15) is 33.7 Å². The molecule has 0 atom stereocenters. The molecular formula is C28H32N6O2. The van der Waals surface area contributed by atoms with Crippen LogP contribution in [0.25, 0.3) is 22.0 Å².